The van der Waals surface area contributed by atoms with Crippen molar-refractivity contribution in [2.24, 2.45) is 5.10 Å². The summed E-state index contributed by atoms with van der Waals surface area (Å²) >= 11 is 3.21. The average molecular weight is 336 g/mol. The second-order valence-corrected chi connectivity index (χ2v) is 4.75. The van der Waals surface area contributed by atoms with Crippen LogP contribution in [0.4, 0.5) is 0 Å². The van der Waals surface area contributed by atoms with Crippen molar-refractivity contribution in [1.29, 1.82) is 0 Å². The predicted molar refractivity (Wildman–Crippen MR) is 76.8 cm³/mol. The molecule has 2 rings (SSSR count). The van der Waals surface area contributed by atoms with Gasteiger partial charge in [-0.2, -0.15) is 5.10 Å². The van der Waals surface area contributed by atoms with Crippen LogP contribution >= 0.6 is 15.9 Å². The maximum Gasteiger partial charge on any atom is 0.272 e. The molecule has 0 unspecified atom stereocenters. The molecule has 1 heterocycles. The van der Waals surface area contributed by atoms with E-state index in [9.17, 15) is 9.90 Å². The summed E-state index contributed by atoms with van der Waals surface area (Å²) in [4.78, 5) is 15.6. The highest BCUT2D eigenvalue weighted by molar-refractivity contribution is 9.10. The van der Waals surface area contributed by atoms with E-state index >= 15 is 0 Å². The van der Waals surface area contributed by atoms with E-state index < -0.39 is 5.91 Å². The van der Waals surface area contributed by atoms with Crippen molar-refractivity contribution in [1.82, 2.24) is 10.4 Å². The van der Waals surface area contributed by atoms with E-state index in [0.717, 1.165) is 0 Å². The van der Waals surface area contributed by atoms with E-state index in [1.807, 2.05) is 0 Å². The SMILES string of the molecule is O=C(N/N=C/c1ccc(O)cc1O)c1cncc(Br)c1. The molecule has 0 saturated carbocycles. The number of carbonyl (C=O) groups is 1. The number of phenolic OH excluding ortho intramolecular Hbond substituents is 2. The molecule has 0 fully saturated rings. The summed E-state index contributed by atoms with van der Waals surface area (Å²) < 4.78 is 0.685. The van der Waals surface area contributed by atoms with Gasteiger partial charge in [0.05, 0.1) is 11.8 Å². The average Bonchev–Trinajstić information content (AvgIpc) is 2.41. The fourth-order valence-corrected chi connectivity index (χ4v) is 1.77. The Bertz CT molecular complexity index is 674. The lowest BCUT2D eigenvalue weighted by atomic mass is 10.2. The minimum absolute atomic E-state index is 0.0519. The van der Waals surface area contributed by atoms with Gasteiger partial charge >= 0.3 is 0 Å². The molecule has 0 radical (unpaired) electrons. The fourth-order valence-electron chi connectivity index (χ4n) is 1.40. The number of phenols is 2. The third kappa shape index (κ3) is 3.55. The minimum atomic E-state index is -0.423. The molecule has 20 heavy (non-hydrogen) atoms. The number of pyridine rings is 1. The van der Waals surface area contributed by atoms with Crippen molar-refractivity contribution in [3.8, 4) is 11.5 Å². The molecule has 7 heteroatoms. The van der Waals surface area contributed by atoms with E-state index in [-0.39, 0.29) is 11.5 Å². The molecule has 0 atom stereocenters. The zero-order valence-corrected chi connectivity index (χ0v) is 11.7. The summed E-state index contributed by atoms with van der Waals surface area (Å²) in [6, 6.07) is 5.67. The van der Waals surface area contributed by atoms with Gasteiger partial charge in [-0.1, -0.05) is 0 Å². The van der Waals surface area contributed by atoms with Crippen LogP contribution in [0.25, 0.3) is 0 Å². The van der Waals surface area contributed by atoms with Crippen molar-refractivity contribution in [3.63, 3.8) is 0 Å². The van der Waals surface area contributed by atoms with Gasteiger partial charge in [0, 0.05) is 28.5 Å². The molecule has 3 N–H and O–H groups in total. The number of aromatic hydroxyl groups is 2. The first-order valence-electron chi connectivity index (χ1n) is 5.52. The molecule has 6 nitrogen and oxygen atoms in total. The Kier molecular flexibility index (Phi) is 4.31. The van der Waals surface area contributed by atoms with Crippen LogP contribution in [0.5, 0.6) is 11.5 Å². The number of hydrogen-bond acceptors (Lipinski definition) is 5. The van der Waals surface area contributed by atoms with Crippen LogP contribution in [0.1, 0.15) is 15.9 Å². The first-order valence-corrected chi connectivity index (χ1v) is 6.31. The number of rotatable bonds is 3. The minimum Gasteiger partial charge on any atom is -0.508 e. The summed E-state index contributed by atoms with van der Waals surface area (Å²) in [5.74, 6) is -0.607. The van der Waals surface area contributed by atoms with Crippen LogP contribution < -0.4 is 5.43 Å². The van der Waals surface area contributed by atoms with Crippen molar-refractivity contribution in [3.05, 3.63) is 52.3 Å². The summed E-state index contributed by atoms with van der Waals surface area (Å²) in [5, 5.41) is 22.4. The van der Waals surface area contributed by atoms with Crippen LogP contribution in [-0.2, 0) is 0 Å². The number of amides is 1. The van der Waals surface area contributed by atoms with Gasteiger partial charge in [-0.15, -0.1) is 0 Å². The van der Waals surface area contributed by atoms with Crippen molar-refractivity contribution < 1.29 is 15.0 Å². The quantitative estimate of drug-likeness (QED) is 0.590. The summed E-state index contributed by atoms with van der Waals surface area (Å²) in [7, 11) is 0. The van der Waals surface area contributed by atoms with E-state index in [1.165, 1.54) is 30.6 Å². The zero-order valence-electron chi connectivity index (χ0n) is 10.1. The molecular formula is C13H10BrN3O3. The van der Waals surface area contributed by atoms with Crippen molar-refractivity contribution in [2.75, 3.05) is 0 Å². The van der Waals surface area contributed by atoms with Gasteiger partial charge in [0.1, 0.15) is 11.5 Å². The van der Waals surface area contributed by atoms with Crippen LogP contribution in [0.2, 0.25) is 0 Å². The smallest absolute Gasteiger partial charge is 0.272 e. The number of nitrogens with one attached hydrogen (secondary N) is 1. The number of nitrogens with zero attached hydrogens (tertiary/aromatic N) is 2. The van der Waals surface area contributed by atoms with E-state index in [1.54, 1.807) is 12.3 Å². The predicted octanol–water partition coefficient (Wildman–Crippen LogP) is 2.02. The molecule has 0 bridgehead atoms. The molecule has 1 aromatic heterocycles. The zero-order chi connectivity index (χ0) is 14.5. The molecule has 102 valence electrons. The first kappa shape index (κ1) is 14.0. The van der Waals surface area contributed by atoms with Crippen LogP contribution in [0.3, 0.4) is 0 Å². The molecule has 0 saturated heterocycles. The number of halogens is 1. The van der Waals surface area contributed by atoms with E-state index in [2.05, 4.69) is 31.4 Å². The number of carbonyl (C=O) groups excluding carboxylic acids is 1. The van der Waals surface area contributed by atoms with Crippen LogP contribution in [-0.4, -0.2) is 27.3 Å². The van der Waals surface area contributed by atoms with E-state index in [4.69, 9.17) is 5.11 Å². The largest absolute Gasteiger partial charge is 0.508 e. The Balaban J connectivity index is 2.04. The molecule has 0 aliphatic carbocycles. The van der Waals surface area contributed by atoms with Gasteiger partial charge in [-0.25, -0.2) is 5.43 Å². The molecule has 2 aromatic rings. The standard InChI is InChI=1S/C13H10BrN3O3/c14-10-3-9(5-15-7-10)13(20)17-16-6-8-1-2-11(18)4-12(8)19/h1-7,18-19H,(H,17,20)/b16-6+. The Morgan fingerprint density at radius 3 is 2.80 bits per heavy atom. The number of aromatic nitrogens is 1. The number of hydrogen-bond donors (Lipinski definition) is 3. The van der Waals surface area contributed by atoms with Gasteiger partial charge in [0.15, 0.2) is 0 Å². The Labute approximate surface area is 122 Å². The molecule has 0 aliphatic rings. The maximum atomic E-state index is 11.7. The maximum absolute atomic E-state index is 11.7. The Morgan fingerprint density at radius 1 is 1.30 bits per heavy atom. The lowest BCUT2D eigenvalue weighted by Gasteiger charge is -2.01. The van der Waals surface area contributed by atoms with Crippen molar-refractivity contribution >= 4 is 28.1 Å². The fraction of sp³-hybridized carbons (Fsp3) is 0. The van der Waals surface area contributed by atoms with Gasteiger partial charge in [-0.05, 0) is 34.1 Å². The third-order valence-corrected chi connectivity index (χ3v) is 2.78. The second kappa shape index (κ2) is 6.16. The lowest BCUT2D eigenvalue weighted by molar-refractivity contribution is 0.0954. The molecule has 1 amide bonds. The Hall–Kier alpha value is -2.41. The summed E-state index contributed by atoms with van der Waals surface area (Å²) in [5.41, 5.74) is 3.04. The van der Waals surface area contributed by atoms with Crippen LogP contribution in [0.15, 0.2) is 46.2 Å². The van der Waals surface area contributed by atoms with Gasteiger partial charge < -0.3 is 10.2 Å². The van der Waals surface area contributed by atoms with Gasteiger partial charge in [0.25, 0.3) is 5.91 Å². The third-order valence-electron chi connectivity index (χ3n) is 2.35. The Morgan fingerprint density at radius 2 is 2.10 bits per heavy atom. The van der Waals surface area contributed by atoms with Crippen molar-refractivity contribution in [2.45, 2.75) is 0 Å². The monoisotopic (exact) mass is 335 g/mol. The lowest BCUT2D eigenvalue weighted by Crippen LogP contribution is -2.17. The highest BCUT2D eigenvalue weighted by Gasteiger charge is 2.05. The highest BCUT2D eigenvalue weighted by Crippen LogP contribution is 2.20. The molecule has 0 aliphatic heterocycles. The summed E-state index contributed by atoms with van der Waals surface area (Å²) in [6.07, 6.45) is 4.25. The molecule has 1 aromatic carbocycles. The van der Waals surface area contributed by atoms with E-state index in [0.29, 0.717) is 15.6 Å². The number of hydrazone groups is 1. The second-order valence-electron chi connectivity index (χ2n) is 3.83. The van der Waals surface area contributed by atoms with Crippen LogP contribution in [0, 0.1) is 0 Å². The first-order chi connectivity index (χ1) is 9.56. The summed E-state index contributed by atoms with van der Waals surface area (Å²) in [6.45, 7) is 0. The number of benzene rings is 1. The molecule has 0 spiro atoms. The van der Waals surface area contributed by atoms with Gasteiger partial charge in [-0.3, -0.25) is 9.78 Å². The van der Waals surface area contributed by atoms with Gasteiger partial charge in [0.2, 0.25) is 0 Å². The topological polar surface area (TPSA) is 94.8 Å². The molecular weight excluding hydrogens is 326 g/mol. The normalized spacial score (nSPS) is 10.7. The highest BCUT2D eigenvalue weighted by atomic mass is 79.9.